The molecule has 1 heterocycles. The number of hydrogen-bond acceptors (Lipinski definition) is 3. The van der Waals surface area contributed by atoms with Crippen LogP contribution in [-0.2, 0) is 11.3 Å². The molecule has 0 amide bonds. The van der Waals surface area contributed by atoms with E-state index in [1.807, 2.05) is 6.92 Å². The zero-order chi connectivity index (χ0) is 9.84. The molecule has 1 aromatic rings. The summed E-state index contributed by atoms with van der Waals surface area (Å²) in [5, 5.41) is 8.51. The quantitative estimate of drug-likeness (QED) is 0.656. The Balaban J connectivity index is 2.96. The molecule has 0 aromatic carbocycles. The maximum Gasteiger partial charge on any atom is 0.351 e. The molecular formula is C8H11N3O2. The first kappa shape index (κ1) is 9.31. The number of rotatable bonds is 3. The van der Waals surface area contributed by atoms with Crippen molar-refractivity contribution in [2.24, 2.45) is 5.73 Å². The second-order valence-electron chi connectivity index (χ2n) is 2.48. The van der Waals surface area contributed by atoms with Crippen molar-refractivity contribution in [3.63, 3.8) is 0 Å². The zero-order valence-corrected chi connectivity index (χ0v) is 7.27. The van der Waals surface area contributed by atoms with E-state index in [0.29, 0.717) is 5.82 Å². The molecule has 0 saturated heterocycles. The summed E-state index contributed by atoms with van der Waals surface area (Å²) in [5.41, 5.74) is 5.03. The average Bonchev–Trinajstić information content (AvgIpc) is 2.51. The molecular weight excluding hydrogens is 170 g/mol. The maximum atomic E-state index is 10.4. The van der Waals surface area contributed by atoms with Gasteiger partial charge in [-0.1, -0.05) is 0 Å². The summed E-state index contributed by atoms with van der Waals surface area (Å²) in [4.78, 5) is 14.3. The Morgan fingerprint density at radius 2 is 2.54 bits per heavy atom. The van der Waals surface area contributed by atoms with Gasteiger partial charge in [-0.15, -0.1) is 0 Å². The summed E-state index contributed by atoms with van der Waals surface area (Å²) < 4.78 is 1.80. The van der Waals surface area contributed by atoms with Crippen LogP contribution in [0, 0.1) is 0 Å². The second kappa shape index (κ2) is 3.75. The Kier molecular flexibility index (Phi) is 2.69. The van der Waals surface area contributed by atoms with Gasteiger partial charge >= 0.3 is 5.97 Å². The van der Waals surface area contributed by atoms with Crippen LogP contribution in [0.1, 0.15) is 12.7 Å². The van der Waals surface area contributed by atoms with E-state index in [9.17, 15) is 4.79 Å². The van der Waals surface area contributed by atoms with Crippen LogP contribution < -0.4 is 5.73 Å². The van der Waals surface area contributed by atoms with Crippen molar-refractivity contribution < 1.29 is 9.90 Å². The zero-order valence-electron chi connectivity index (χ0n) is 7.27. The number of aromatic nitrogens is 2. The number of aliphatic carboxylic acids is 1. The lowest BCUT2D eigenvalue weighted by molar-refractivity contribution is -0.132. The molecule has 0 spiro atoms. The minimum absolute atomic E-state index is 0.207. The van der Waals surface area contributed by atoms with Gasteiger partial charge in [0.05, 0.1) is 0 Å². The molecule has 0 fully saturated rings. The molecule has 1 rings (SSSR count). The summed E-state index contributed by atoms with van der Waals surface area (Å²) in [7, 11) is 0. The lowest BCUT2D eigenvalue weighted by Gasteiger charge is -1.99. The largest absolute Gasteiger partial charge is 0.477 e. The molecule has 0 aliphatic rings. The summed E-state index contributed by atoms with van der Waals surface area (Å²) in [5.74, 6) is -0.576. The molecule has 0 saturated carbocycles. The molecule has 0 radical (unpaired) electrons. The topological polar surface area (TPSA) is 81.1 Å². The number of hydrogen-bond donors (Lipinski definition) is 2. The van der Waals surface area contributed by atoms with Crippen molar-refractivity contribution in [3.8, 4) is 0 Å². The minimum Gasteiger partial charge on any atom is -0.477 e. The Bertz CT molecular complexity index is 341. The molecule has 0 aliphatic heterocycles. The normalized spacial score (nSPS) is 11.6. The van der Waals surface area contributed by atoms with E-state index in [-0.39, 0.29) is 5.70 Å². The molecule has 3 N–H and O–H groups in total. The summed E-state index contributed by atoms with van der Waals surface area (Å²) >= 11 is 0. The third-order valence-corrected chi connectivity index (χ3v) is 1.62. The second-order valence-corrected chi connectivity index (χ2v) is 2.48. The molecule has 1 aromatic heterocycles. The number of carboxylic acids is 1. The monoisotopic (exact) mass is 181 g/mol. The molecule has 0 bridgehead atoms. The highest BCUT2D eigenvalue weighted by molar-refractivity contribution is 5.90. The molecule has 0 unspecified atom stereocenters. The van der Waals surface area contributed by atoms with Gasteiger partial charge in [-0.2, -0.15) is 0 Å². The molecule has 0 aliphatic carbocycles. The molecule has 0 atom stereocenters. The van der Waals surface area contributed by atoms with Crippen LogP contribution in [-0.4, -0.2) is 20.6 Å². The van der Waals surface area contributed by atoms with E-state index in [2.05, 4.69) is 4.98 Å². The smallest absolute Gasteiger partial charge is 0.351 e. The van der Waals surface area contributed by atoms with Crippen LogP contribution in [0.2, 0.25) is 0 Å². The van der Waals surface area contributed by atoms with Crippen LogP contribution in [0.15, 0.2) is 18.1 Å². The van der Waals surface area contributed by atoms with Crippen molar-refractivity contribution in [2.45, 2.75) is 13.5 Å². The van der Waals surface area contributed by atoms with E-state index in [0.717, 1.165) is 6.54 Å². The molecule has 70 valence electrons. The predicted octanol–water partition coefficient (Wildman–Crippen LogP) is 0.287. The highest BCUT2D eigenvalue weighted by Crippen LogP contribution is 2.01. The Morgan fingerprint density at radius 3 is 3.08 bits per heavy atom. The summed E-state index contributed by atoms with van der Waals surface area (Å²) in [6.45, 7) is 2.68. The van der Waals surface area contributed by atoms with Gasteiger partial charge in [-0.25, -0.2) is 9.78 Å². The lowest BCUT2D eigenvalue weighted by atomic mass is 10.4. The number of aryl methyl sites for hydroxylation is 1. The van der Waals surface area contributed by atoms with Gasteiger partial charge in [0, 0.05) is 25.0 Å². The first-order valence-electron chi connectivity index (χ1n) is 3.86. The first-order valence-corrected chi connectivity index (χ1v) is 3.86. The molecule has 5 heteroatoms. The fourth-order valence-corrected chi connectivity index (χ4v) is 0.929. The van der Waals surface area contributed by atoms with Crippen LogP contribution in [0.3, 0.4) is 0 Å². The van der Waals surface area contributed by atoms with Crippen molar-refractivity contribution >= 4 is 12.0 Å². The van der Waals surface area contributed by atoms with Gasteiger partial charge in [-0.3, -0.25) is 0 Å². The summed E-state index contributed by atoms with van der Waals surface area (Å²) in [6, 6.07) is 0. The third kappa shape index (κ3) is 2.08. The summed E-state index contributed by atoms with van der Waals surface area (Å²) in [6.07, 6.45) is 4.71. The Labute approximate surface area is 75.5 Å². The first-order chi connectivity index (χ1) is 6.15. The van der Waals surface area contributed by atoms with Crippen LogP contribution >= 0.6 is 0 Å². The van der Waals surface area contributed by atoms with Crippen molar-refractivity contribution in [2.75, 3.05) is 0 Å². The number of nitrogens with zero attached hydrogens (tertiary/aromatic N) is 2. The SMILES string of the molecule is CCn1ccnc1/C=C(/N)C(=O)O. The predicted molar refractivity (Wildman–Crippen MR) is 47.7 cm³/mol. The van der Waals surface area contributed by atoms with Crippen LogP contribution in [0.5, 0.6) is 0 Å². The highest BCUT2D eigenvalue weighted by Gasteiger charge is 2.03. The van der Waals surface area contributed by atoms with Gasteiger partial charge in [0.1, 0.15) is 11.5 Å². The Hall–Kier alpha value is -1.78. The number of imidazole rings is 1. The highest BCUT2D eigenvalue weighted by atomic mass is 16.4. The van der Waals surface area contributed by atoms with E-state index in [1.165, 1.54) is 6.08 Å². The van der Waals surface area contributed by atoms with Gasteiger partial charge < -0.3 is 15.4 Å². The lowest BCUT2D eigenvalue weighted by Crippen LogP contribution is -2.10. The van der Waals surface area contributed by atoms with Crippen LogP contribution in [0.25, 0.3) is 6.08 Å². The van der Waals surface area contributed by atoms with E-state index < -0.39 is 5.97 Å². The minimum atomic E-state index is -1.13. The van der Waals surface area contributed by atoms with Gasteiger partial charge in [0.15, 0.2) is 0 Å². The van der Waals surface area contributed by atoms with Gasteiger partial charge in [0.2, 0.25) is 0 Å². The fourth-order valence-electron chi connectivity index (χ4n) is 0.929. The van der Waals surface area contributed by atoms with E-state index in [1.54, 1.807) is 17.0 Å². The van der Waals surface area contributed by atoms with Crippen molar-refractivity contribution in [3.05, 3.63) is 23.9 Å². The van der Waals surface area contributed by atoms with Crippen LogP contribution in [0.4, 0.5) is 0 Å². The third-order valence-electron chi connectivity index (χ3n) is 1.62. The van der Waals surface area contributed by atoms with Crippen molar-refractivity contribution in [1.82, 2.24) is 9.55 Å². The van der Waals surface area contributed by atoms with E-state index in [4.69, 9.17) is 10.8 Å². The van der Waals surface area contributed by atoms with Gasteiger partial charge in [-0.05, 0) is 6.92 Å². The van der Waals surface area contributed by atoms with Gasteiger partial charge in [0.25, 0.3) is 0 Å². The standard InChI is InChI=1S/C8H11N3O2/c1-2-11-4-3-10-7(11)5-6(9)8(12)13/h3-5H,2,9H2,1H3,(H,12,13)/b6-5+. The number of carbonyl (C=O) groups is 1. The van der Waals surface area contributed by atoms with Crippen molar-refractivity contribution in [1.29, 1.82) is 0 Å². The maximum absolute atomic E-state index is 10.4. The number of nitrogens with two attached hydrogens (primary N) is 1. The molecule has 5 nitrogen and oxygen atoms in total. The average molecular weight is 181 g/mol. The molecule has 13 heavy (non-hydrogen) atoms. The number of carboxylic acid groups (broad SMARTS) is 1. The van der Waals surface area contributed by atoms with E-state index >= 15 is 0 Å². The fraction of sp³-hybridized carbons (Fsp3) is 0.250. The Morgan fingerprint density at radius 1 is 1.85 bits per heavy atom.